The van der Waals surface area contributed by atoms with Gasteiger partial charge in [0.2, 0.25) is 0 Å². The zero-order chi connectivity index (χ0) is 10.9. The molecule has 1 aromatic rings. The summed E-state index contributed by atoms with van der Waals surface area (Å²) in [5, 5.41) is 0. The minimum absolute atomic E-state index is 0.259. The molecule has 0 unspecified atom stereocenters. The number of ether oxygens (including phenoxy) is 2. The molecule has 0 aliphatic heterocycles. The smallest absolute Gasteiger partial charge is 0.393 e. The third-order valence-corrected chi connectivity index (χ3v) is 1.84. The number of aromatic nitrogens is 1. The van der Waals surface area contributed by atoms with E-state index in [4.69, 9.17) is 19.6 Å². The number of nitrogens with zero attached hydrogens (tertiary/aromatic N) is 1. The number of hydrogen-bond donors (Lipinski definition) is 1. The second-order valence-corrected chi connectivity index (χ2v) is 3.12. The molecular formula is C10H18N2O3. The van der Waals surface area contributed by atoms with Crippen molar-refractivity contribution in [3.63, 3.8) is 0 Å². The van der Waals surface area contributed by atoms with Crippen LogP contribution in [-0.4, -0.2) is 24.8 Å². The van der Waals surface area contributed by atoms with Gasteiger partial charge in [-0.1, -0.05) is 13.3 Å². The zero-order valence-electron chi connectivity index (χ0n) is 9.07. The number of oxazole rings is 1. The van der Waals surface area contributed by atoms with Crippen molar-refractivity contribution in [2.75, 3.05) is 19.8 Å². The molecule has 0 aliphatic carbocycles. The fourth-order valence-electron chi connectivity index (χ4n) is 0.985. The molecule has 0 aliphatic rings. The Labute approximate surface area is 89.6 Å². The van der Waals surface area contributed by atoms with Gasteiger partial charge < -0.3 is 19.6 Å². The third-order valence-electron chi connectivity index (χ3n) is 1.84. The van der Waals surface area contributed by atoms with Crippen LogP contribution in [0.5, 0.6) is 6.08 Å². The first kappa shape index (κ1) is 12.0. The lowest BCUT2D eigenvalue weighted by Crippen LogP contribution is -2.07. The van der Waals surface area contributed by atoms with E-state index in [1.165, 1.54) is 6.26 Å². The van der Waals surface area contributed by atoms with Crippen LogP contribution in [0.3, 0.4) is 0 Å². The summed E-state index contributed by atoms with van der Waals surface area (Å²) < 4.78 is 15.5. The van der Waals surface area contributed by atoms with Crippen molar-refractivity contribution in [2.24, 2.45) is 5.73 Å². The van der Waals surface area contributed by atoms with Gasteiger partial charge in [-0.15, -0.1) is 0 Å². The topological polar surface area (TPSA) is 70.5 Å². The Morgan fingerprint density at radius 3 is 2.93 bits per heavy atom. The minimum atomic E-state index is 0.259. The van der Waals surface area contributed by atoms with E-state index in [1.807, 2.05) is 0 Å². The standard InChI is InChI=1S/C10H18N2O3/c1-2-3-4-13-5-6-14-10-12-9(7-11)8-15-10/h8H,2-7,11H2,1H3. The first-order valence-electron chi connectivity index (χ1n) is 5.21. The van der Waals surface area contributed by atoms with Gasteiger partial charge in [0.05, 0.1) is 12.3 Å². The normalized spacial score (nSPS) is 10.5. The van der Waals surface area contributed by atoms with Gasteiger partial charge in [-0.05, 0) is 6.42 Å². The van der Waals surface area contributed by atoms with E-state index in [0.717, 1.165) is 19.4 Å². The first-order valence-corrected chi connectivity index (χ1v) is 5.21. The SMILES string of the molecule is CCCCOCCOc1nc(CN)co1. The highest BCUT2D eigenvalue weighted by Crippen LogP contribution is 2.08. The lowest BCUT2D eigenvalue weighted by Gasteiger charge is -2.02. The van der Waals surface area contributed by atoms with E-state index in [2.05, 4.69) is 11.9 Å². The summed E-state index contributed by atoms with van der Waals surface area (Å²) in [5.41, 5.74) is 6.06. The molecule has 0 amide bonds. The molecule has 15 heavy (non-hydrogen) atoms. The summed E-state index contributed by atoms with van der Waals surface area (Å²) in [6.45, 7) is 4.27. The number of hydrogen-bond acceptors (Lipinski definition) is 5. The molecule has 5 heteroatoms. The fraction of sp³-hybridized carbons (Fsp3) is 0.700. The summed E-state index contributed by atoms with van der Waals surface area (Å²) in [4.78, 5) is 3.99. The maximum absolute atomic E-state index is 5.37. The van der Waals surface area contributed by atoms with E-state index >= 15 is 0 Å². The zero-order valence-corrected chi connectivity index (χ0v) is 9.07. The molecule has 0 spiro atoms. The molecule has 0 saturated heterocycles. The van der Waals surface area contributed by atoms with Crippen molar-refractivity contribution in [3.05, 3.63) is 12.0 Å². The molecule has 0 aromatic carbocycles. The van der Waals surface area contributed by atoms with Crippen LogP contribution in [0.2, 0.25) is 0 Å². The Hall–Kier alpha value is -1.07. The van der Waals surface area contributed by atoms with Gasteiger partial charge in [0.25, 0.3) is 0 Å². The second kappa shape index (κ2) is 7.25. The van der Waals surface area contributed by atoms with Crippen LogP contribution >= 0.6 is 0 Å². The maximum atomic E-state index is 5.37. The molecule has 1 aromatic heterocycles. The Bertz CT molecular complexity index is 263. The molecular weight excluding hydrogens is 196 g/mol. The van der Waals surface area contributed by atoms with Gasteiger partial charge in [-0.2, -0.15) is 4.98 Å². The van der Waals surface area contributed by atoms with Gasteiger partial charge in [0, 0.05) is 13.2 Å². The Kier molecular flexibility index (Phi) is 5.80. The quantitative estimate of drug-likeness (QED) is 0.661. The molecule has 0 fully saturated rings. The van der Waals surface area contributed by atoms with Crippen LogP contribution in [0, 0.1) is 0 Å². The van der Waals surface area contributed by atoms with Gasteiger partial charge in [0.1, 0.15) is 12.9 Å². The van der Waals surface area contributed by atoms with Crippen LogP contribution in [0.25, 0.3) is 0 Å². The van der Waals surface area contributed by atoms with E-state index in [9.17, 15) is 0 Å². The highest BCUT2D eigenvalue weighted by molar-refractivity contribution is 4.98. The highest BCUT2D eigenvalue weighted by Gasteiger charge is 2.02. The average Bonchev–Trinajstić information content (AvgIpc) is 2.71. The Morgan fingerprint density at radius 2 is 2.27 bits per heavy atom. The van der Waals surface area contributed by atoms with Gasteiger partial charge in [-0.3, -0.25) is 0 Å². The molecule has 0 radical (unpaired) electrons. The number of unbranched alkanes of at least 4 members (excludes halogenated alkanes) is 1. The maximum Gasteiger partial charge on any atom is 0.393 e. The average molecular weight is 214 g/mol. The second-order valence-electron chi connectivity index (χ2n) is 3.12. The molecule has 0 saturated carbocycles. The van der Waals surface area contributed by atoms with Gasteiger partial charge in [-0.25, -0.2) is 0 Å². The van der Waals surface area contributed by atoms with E-state index in [1.54, 1.807) is 0 Å². The molecule has 86 valence electrons. The van der Waals surface area contributed by atoms with Crippen LogP contribution in [0.15, 0.2) is 10.7 Å². The van der Waals surface area contributed by atoms with E-state index < -0.39 is 0 Å². The van der Waals surface area contributed by atoms with Crippen molar-refractivity contribution in [1.29, 1.82) is 0 Å². The van der Waals surface area contributed by atoms with Crippen molar-refractivity contribution in [1.82, 2.24) is 4.98 Å². The molecule has 1 rings (SSSR count). The lowest BCUT2D eigenvalue weighted by molar-refractivity contribution is 0.0864. The number of nitrogens with two attached hydrogens (primary N) is 1. The summed E-state index contributed by atoms with van der Waals surface area (Å²) in [6.07, 6.45) is 3.97. The van der Waals surface area contributed by atoms with Crippen LogP contribution in [0.1, 0.15) is 25.5 Å². The van der Waals surface area contributed by atoms with Crippen molar-refractivity contribution < 1.29 is 13.9 Å². The van der Waals surface area contributed by atoms with E-state index in [-0.39, 0.29) is 6.08 Å². The van der Waals surface area contributed by atoms with E-state index in [0.29, 0.717) is 25.5 Å². The highest BCUT2D eigenvalue weighted by atomic mass is 16.6. The summed E-state index contributed by atoms with van der Waals surface area (Å²) in [6, 6.07) is 0. The van der Waals surface area contributed by atoms with Crippen molar-refractivity contribution >= 4 is 0 Å². The predicted molar refractivity (Wildman–Crippen MR) is 55.6 cm³/mol. The van der Waals surface area contributed by atoms with Gasteiger partial charge >= 0.3 is 6.08 Å². The molecule has 0 bridgehead atoms. The monoisotopic (exact) mass is 214 g/mol. The Morgan fingerprint density at radius 1 is 1.40 bits per heavy atom. The predicted octanol–water partition coefficient (Wildman–Crippen LogP) is 1.33. The summed E-state index contributed by atoms with van der Waals surface area (Å²) in [7, 11) is 0. The van der Waals surface area contributed by atoms with Crippen LogP contribution < -0.4 is 10.5 Å². The van der Waals surface area contributed by atoms with Gasteiger partial charge in [0.15, 0.2) is 0 Å². The molecule has 1 heterocycles. The molecule has 2 N–H and O–H groups in total. The lowest BCUT2D eigenvalue weighted by atomic mass is 10.4. The first-order chi connectivity index (χ1) is 7.36. The van der Waals surface area contributed by atoms with Crippen molar-refractivity contribution in [2.45, 2.75) is 26.3 Å². The largest absolute Gasteiger partial charge is 0.448 e. The molecule has 5 nitrogen and oxygen atoms in total. The summed E-state index contributed by atoms with van der Waals surface area (Å²) in [5.74, 6) is 0. The molecule has 0 atom stereocenters. The van der Waals surface area contributed by atoms with Crippen LogP contribution in [-0.2, 0) is 11.3 Å². The van der Waals surface area contributed by atoms with Crippen LogP contribution in [0.4, 0.5) is 0 Å². The number of rotatable bonds is 8. The minimum Gasteiger partial charge on any atom is -0.448 e. The third kappa shape index (κ3) is 4.80. The summed E-state index contributed by atoms with van der Waals surface area (Å²) >= 11 is 0. The van der Waals surface area contributed by atoms with Crippen molar-refractivity contribution in [3.8, 4) is 6.08 Å². The fourth-order valence-corrected chi connectivity index (χ4v) is 0.985. The Balaban J connectivity index is 2.04.